The molecular formula is C8H14O5. The lowest BCUT2D eigenvalue weighted by atomic mass is 10.2. The van der Waals surface area contributed by atoms with Crippen LogP contribution < -0.4 is 0 Å². The van der Waals surface area contributed by atoms with E-state index in [0.29, 0.717) is 12.8 Å². The van der Waals surface area contributed by atoms with Crippen LogP contribution in [0.3, 0.4) is 0 Å². The molecule has 0 aromatic carbocycles. The van der Waals surface area contributed by atoms with Crippen LogP contribution in [0.15, 0.2) is 0 Å². The first-order valence-electron chi connectivity index (χ1n) is 4.02. The molecule has 0 aromatic rings. The van der Waals surface area contributed by atoms with Gasteiger partial charge < -0.3 is 18.9 Å². The molecule has 5 nitrogen and oxygen atoms in total. The molecule has 2 atom stereocenters. The Labute approximate surface area is 76.9 Å². The largest absolute Gasteiger partial charge is 0.465 e. The van der Waals surface area contributed by atoms with E-state index in [0.717, 1.165) is 0 Å². The minimum absolute atomic E-state index is 0.390. The highest BCUT2D eigenvalue weighted by atomic mass is 16.8. The van der Waals surface area contributed by atoms with Crippen LogP contribution in [0.25, 0.3) is 0 Å². The smallest absolute Gasteiger partial charge is 0.366 e. The summed E-state index contributed by atoms with van der Waals surface area (Å²) >= 11 is 0. The summed E-state index contributed by atoms with van der Waals surface area (Å²) in [5, 5.41) is 0. The molecule has 0 unspecified atom stereocenters. The molecule has 1 rings (SSSR count). The van der Waals surface area contributed by atoms with Crippen LogP contribution in [0, 0.1) is 0 Å². The zero-order valence-electron chi connectivity index (χ0n) is 8.03. The van der Waals surface area contributed by atoms with Crippen LogP contribution in [0.2, 0.25) is 0 Å². The number of ether oxygens (including phenoxy) is 4. The first-order chi connectivity index (χ1) is 6.18. The van der Waals surface area contributed by atoms with Crippen molar-refractivity contribution in [3.8, 4) is 0 Å². The zero-order valence-corrected chi connectivity index (χ0v) is 8.03. The molecule has 13 heavy (non-hydrogen) atoms. The van der Waals surface area contributed by atoms with Crippen molar-refractivity contribution < 1.29 is 23.7 Å². The summed E-state index contributed by atoms with van der Waals surface area (Å²) < 4.78 is 19.8. The van der Waals surface area contributed by atoms with E-state index in [2.05, 4.69) is 4.74 Å². The second-order valence-corrected chi connectivity index (χ2v) is 2.77. The van der Waals surface area contributed by atoms with Crippen molar-refractivity contribution in [1.29, 1.82) is 0 Å². The van der Waals surface area contributed by atoms with E-state index in [9.17, 15) is 4.79 Å². The van der Waals surface area contributed by atoms with Gasteiger partial charge in [0.2, 0.25) is 0 Å². The maximum atomic E-state index is 11.3. The quantitative estimate of drug-likeness (QED) is 0.598. The van der Waals surface area contributed by atoms with Crippen molar-refractivity contribution in [1.82, 2.24) is 0 Å². The van der Waals surface area contributed by atoms with Gasteiger partial charge in [-0.3, -0.25) is 0 Å². The van der Waals surface area contributed by atoms with Gasteiger partial charge >= 0.3 is 5.97 Å². The molecule has 0 N–H and O–H groups in total. The van der Waals surface area contributed by atoms with Gasteiger partial charge in [0.1, 0.15) is 0 Å². The predicted molar refractivity (Wildman–Crippen MR) is 42.9 cm³/mol. The summed E-state index contributed by atoms with van der Waals surface area (Å²) in [5.41, 5.74) is 0. The van der Waals surface area contributed by atoms with Gasteiger partial charge in [-0.2, -0.15) is 0 Å². The fraction of sp³-hybridized carbons (Fsp3) is 0.875. The highest BCUT2D eigenvalue weighted by Crippen LogP contribution is 2.32. The SMILES string of the molecule is COC(=O)[C@@]1(OC)CC[C@@H](OC)O1. The Bertz CT molecular complexity index is 193. The van der Waals surface area contributed by atoms with E-state index in [1.165, 1.54) is 21.3 Å². The van der Waals surface area contributed by atoms with E-state index < -0.39 is 11.8 Å². The van der Waals surface area contributed by atoms with E-state index in [4.69, 9.17) is 14.2 Å². The molecule has 0 amide bonds. The van der Waals surface area contributed by atoms with Crippen LogP contribution in [-0.4, -0.2) is 39.4 Å². The van der Waals surface area contributed by atoms with Gasteiger partial charge in [0.15, 0.2) is 6.29 Å². The van der Waals surface area contributed by atoms with Gasteiger partial charge in [0, 0.05) is 27.1 Å². The first kappa shape index (κ1) is 10.4. The number of hydrogen-bond donors (Lipinski definition) is 0. The molecule has 0 aromatic heterocycles. The minimum Gasteiger partial charge on any atom is -0.465 e. The Balaban J connectivity index is 2.67. The van der Waals surface area contributed by atoms with E-state index in [1.54, 1.807) is 0 Å². The van der Waals surface area contributed by atoms with Crippen molar-refractivity contribution in [3.05, 3.63) is 0 Å². The fourth-order valence-electron chi connectivity index (χ4n) is 1.34. The number of carbonyl (C=O) groups excluding carboxylic acids is 1. The number of rotatable bonds is 3. The molecule has 1 aliphatic heterocycles. The number of esters is 1. The molecule has 1 heterocycles. The number of hydrogen-bond acceptors (Lipinski definition) is 5. The van der Waals surface area contributed by atoms with E-state index >= 15 is 0 Å². The Kier molecular flexibility index (Phi) is 3.24. The van der Waals surface area contributed by atoms with Gasteiger partial charge in [-0.1, -0.05) is 0 Å². The molecule has 1 fully saturated rings. The van der Waals surface area contributed by atoms with Crippen molar-refractivity contribution in [2.45, 2.75) is 24.9 Å². The second-order valence-electron chi connectivity index (χ2n) is 2.77. The van der Waals surface area contributed by atoms with Crippen LogP contribution >= 0.6 is 0 Å². The monoisotopic (exact) mass is 190 g/mol. The maximum absolute atomic E-state index is 11.3. The first-order valence-corrected chi connectivity index (χ1v) is 4.02. The van der Waals surface area contributed by atoms with Gasteiger partial charge in [-0.25, -0.2) is 4.79 Å². The highest BCUT2D eigenvalue weighted by molar-refractivity contribution is 5.78. The lowest BCUT2D eigenvalue weighted by molar-refractivity contribution is -0.259. The highest BCUT2D eigenvalue weighted by Gasteiger charge is 2.48. The third kappa shape index (κ3) is 1.82. The minimum atomic E-state index is -1.27. The molecule has 0 aliphatic carbocycles. The van der Waals surface area contributed by atoms with E-state index in [1.807, 2.05) is 0 Å². The van der Waals surface area contributed by atoms with Crippen molar-refractivity contribution in [2.75, 3.05) is 21.3 Å². The fourth-order valence-corrected chi connectivity index (χ4v) is 1.34. The summed E-state index contributed by atoms with van der Waals surface area (Å²) in [5.74, 6) is -1.79. The van der Waals surface area contributed by atoms with Gasteiger partial charge in [-0.05, 0) is 0 Å². The summed E-state index contributed by atoms with van der Waals surface area (Å²) in [6.07, 6.45) is 0.688. The van der Waals surface area contributed by atoms with Crippen molar-refractivity contribution >= 4 is 5.97 Å². The standard InChI is InChI=1S/C8H14O5/c1-10-6-4-5-8(12-3,13-6)7(9)11-2/h6H,4-5H2,1-3H3/t6-,8+/m0/s1. The third-order valence-electron chi connectivity index (χ3n) is 2.12. The Morgan fingerprint density at radius 3 is 2.54 bits per heavy atom. The summed E-state index contributed by atoms with van der Waals surface area (Å²) in [6, 6.07) is 0. The van der Waals surface area contributed by atoms with Crippen LogP contribution in [0.1, 0.15) is 12.8 Å². The van der Waals surface area contributed by atoms with Crippen LogP contribution in [0.4, 0.5) is 0 Å². The Hall–Kier alpha value is -0.650. The average Bonchev–Trinajstić information content (AvgIpc) is 2.61. The average molecular weight is 190 g/mol. The molecule has 0 radical (unpaired) electrons. The van der Waals surface area contributed by atoms with Crippen LogP contribution in [-0.2, 0) is 23.7 Å². The number of carbonyl (C=O) groups is 1. The molecule has 76 valence electrons. The van der Waals surface area contributed by atoms with Gasteiger partial charge in [0.05, 0.1) is 7.11 Å². The summed E-state index contributed by atoms with van der Waals surface area (Å²) in [7, 11) is 4.23. The Morgan fingerprint density at radius 1 is 1.46 bits per heavy atom. The topological polar surface area (TPSA) is 54.0 Å². The van der Waals surface area contributed by atoms with Crippen molar-refractivity contribution in [2.24, 2.45) is 0 Å². The molecule has 0 saturated carbocycles. The molecule has 0 spiro atoms. The van der Waals surface area contributed by atoms with Gasteiger partial charge in [0.25, 0.3) is 5.79 Å². The third-order valence-corrected chi connectivity index (χ3v) is 2.12. The zero-order chi connectivity index (χ0) is 9.90. The second kappa shape index (κ2) is 4.04. The molecule has 0 bridgehead atoms. The van der Waals surface area contributed by atoms with Gasteiger partial charge in [-0.15, -0.1) is 0 Å². The molecular weight excluding hydrogens is 176 g/mol. The summed E-state index contributed by atoms with van der Waals surface area (Å²) in [6.45, 7) is 0. The molecule has 1 aliphatic rings. The normalized spacial score (nSPS) is 33.3. The van der Waals surface area contributed by atoms with Crippen molar-refractivity contribution in [3.63, 3.8) is 0 Å². The lowest BCUT2D eigenvalue weighted by Gasteiger charge is -2.23. The van der Waals surface area contributed by atoms with E-state index in [-0.39, 0.29) is 6.29 Å². The molecule has 5 heteroatoms. The number of methoxy groups -OCH3 is 3. The maximum Gasteiger partial charge on any atom is 0.366 e. The summed E-state index contributed by atoms with van der Waals surface area (Å²) in [4.78, 5) is 11.3. The lowest BCUT2D eigenvalue weighted by Crippen LogP contribution is -2.41. The molecule has 1 saturated heterocycles. The van der Waals surface area contributed by atoms with Crippen LogP contribution in [0.5, 0.6) is 0 Å². The predicted octanol–water partition coefficient (Wildman–Crippen LogP) is 0.285. The Morgan fingerprint density at radius 2 is 2.15 bits per heavy atom.